The van der Waals surface area contributed by atoms with Crippen molar-refractivity contribution in [3.05, 3.63) is 41.5 Å². The Kier molecular flexibility index (Phi) is 8.07. The Hall–Kier alpha value is -2.61. The number of aryl methyl sites for hydroxylation is 2. The van der Waals surface area contributed by atoms with Crippen molar-refractivity contribution in [1.29, 1.82) is 0 Å². The van der Waals surface area contributed by atoms with E-state index in [0.717, 1.165) is 70.0 Å². The Morgan fingerprint density at radius 2 is 1.97 bits per heavy atom. The fourth-order valence-electron chi connectivity index (χ4n) is 3.52. The van der Waals surface area contributed by atoms with E-state index in [9.17, 15) is 0 Å². The maximum absolute atomic E-state index is 5.46. The zero-order valence-corrected chi connectivity index (χ0v) is 18.8. The van der Waals surface area contributed by atoms with Crippen molar-refractivity contribution in [3.63, 3.8) is 0 Å². The van der Waals surface area contributed by atoms with E-state index in [1.807, 2.05) is 25.5 Å². The molecule has 0 amide bonds. The third-order valence-corrected chi connectivity index (χ3v) is 5.45. The number of aliphatic imine (C=N–C) groups is 1. The van der Waals surface area contributed by atoms with Gasteiger partial charge in [-0.25, -0.2) is 4.99 Å². The molecule has 1 aromatic heterocycles. The molecular weight excluding hydrogens is 378 g/mol. The SMILES string of the molecule is CCOCCCNC(=NCc1nnc(C)n1C)N1CCN(c2cccc(C)c2)CC1. The van der Waals surface area contributed by atoms with Crippen molar-refractivity contribution in [2.45, 2.75) is 33.7 Å². The number of ether oxygens (including phenoxy) is 1. The Bertz CT molecular complexity index is 825. The van der Waals surface area contributed by atoms with Crippen molar-refractivity contribution in [1.82, 2.24) is 25.0 Å². The molecule has 8 nitrogen and oxygen atoms in total. The highest BCUT2D eigenvalue weighted by atomic mass is 16.5. The lowest BCUT2D eigenvalue weighted by atomic mass is 10.2. The van der Waals surface area contributed by atoms with E-state index in [4.69, 9.17) is 9.73 Å². The number of nitrogens with one attached hydrogen (secondary N) is 1. The van der Waals surface area contributed by atoms with Crippen LogP contribution in [0.5, 0.6) is 0 Å². The summed E-state index contributed by atoms with van der Waals surface area (Å²) in [5, 5.41) is 11.9. The number of rotatable bonds is 8. The van der Waals surface area contributed by atoms with Crippen molar-refractivity contribution < 1.29 is 4.74 Å². The van der Waals surface area contributed by atoms with Gasteiger partial charge in [0.15, 0.2) is 11.8 Å². The summed E-state index contributed by atoms with van der Waals surface area (Å²) in [5.74, 6) is 2.72. The quantitative estimate of drug-likeness (QED) is 0.406. The fraction of sp³-hybridized carbons (Fsp3) is 0.591. The highest BCUT2D eigenvalue weighted by Crippen LogP contribution is 2.18. The molecule has 3 rings (SSSR count). The lowest BCUT2D eigenvalue weighted by Gasteiger charge is -2.38. The maximum atomic E-state index is 5.46. The molecule has 0 saturated carbocycles. The second-order valence-corrected chi connectivity index (χ2v) is 7.65. The normalized spacial score (nSPS) is 15.0. The van der Waals surface area contributed by atoms with Gasteiger partial charge < -0.3 is 24.4 Å². The van der Waals surface area contributed by atoms with Crippen LogP contribution in [0.2, 0.25) is 0 Å². The van der Waals surface area contributed by atoms with E-state index in [2.05, 4.69) is 56.5 Å². The standard InChI is InChI=1S/C22H35N7O/c1-5-30-15-7-10-23-22(24-17-21-26-25-19(3)27(21)4)29-13-11-28(12-14-29)20-9-6-8-18(2)16-20/h6,8-9,16H,5,7,10-15,17H2,1-4H3,(H,23,24). The fourth-order valence-corrected chi connectivity index (χ4v) is 3.52. The van der Waals surface area contributed by atoms with E-state index < -0.39 is 0 Å². The van der Waals surface area contributed by atoms with Crippen LogP contribution < -0.4 is 10.2 Å². The number of guanidine groups is 1. The number of aromatic nitrogens is 3. The largest absolute Gasteiger partial charge is 0.382 e. The van der Waals surface area contributed by atoms with E-state index in [1.54, 1.807) is 0 Å². The number of hydrogen-bond donors (Lipinski definition) is 1. The van der Waals surface area contributed by atoms with E-state index in [0.29, 0.717) is 6.54 Å². The number of piperazine rings is 1. The summed E-state index contributed by atoms with van der Waals surface area (Å²) in [6.45, 7) is 12.8. The zero-order valence-electron chi connectivity index (χ0n) is 18.8. The van der Waals surface area contributed by atoms with Gasteiger partial charge in [-0.1, -0.05) is 12.1 Å². The molecule has 1 aliphatic heterocycles. The molecular formula is C22H35N7O. The molecule has 2 heterocycles. The van der Waals surface area contributed by atoms with Crippen LogP contribution >= 0.6 is 0 Å². The summed E-state index contributed by atoms with van der Waals surface area (Å²) in [7, 11) is 1.98. The molecule has 0 aliphatic carbocycles. The van der Waals surface area contributed by atoms with Crippen LogP contribution in [0.4, 0.5) is 5.69 Å². The molecule has 164 valence electrons. The molecule has 1 aliphatic rings. The maximum Gasteiger partial charge on any atom is 0.194 e. The van der Waals surface area contributed by atoms with Gasteiger partial charge in [0.2, 0.25) is 0 Å². The average molecular weight is 414 g/mol. The minimum absolute atomic E-state index is 0.517. The smallest absolute Gasteiger partial charge is 0.194 e. The van der Waals surface area contributed by atoms with Crippen molar-refractivity contribution in [2.75, 3.05) is 50.8 Å². The van der Waals surface area contributed by atoms with Gasteiger partial charge in [0.05, 0.1) is 0 Å². The van der Waals surface area contributed by atoms with Gasteiger partial charge in [-0.3, -0.25) is 0 Å². The van der Waals surface area contributed by atoms with Gasteiger partial charge in [-0.2, -0.15) is 0 Å². The number of nitrogens with zero attached hydrogens (tertiary/aromatic N) is 6. The summed E-state index contributed by atoms with van der Waals surface area (Å²) in [6, 6.07) is 8.73. The molecule has 0 atom stereocenters. The molecule has 0 unspecified atom stereocenters. The first-order valence-electron chi connectivity index (χ1n) is 10.9. The van der Waals surface area contributed by atoms with Crippen LogP contribution in [0.1, 0.15) is 30.6 Å². The highest BCUT2D eigenvalue weighted by Gasteiger charge is 2.20. The van der Waals surface area contributed by atoms with E-state index >= 15 is 0 Å². The Labute approximate surface area is 179 Å². The monoisotopic (exact) mass is 413 g/mol. The third-order valence-electron chi connectivity index (χ3n) is 5.45. The number of hydrogen-bond acceptors (Lipinski definition) is 5. The molecule has 1 N–H and O–H groups in total. The summed E-state index contributed by atoms with van der Waals surface area (Å²) < 4.78 is 7.45. The predicted molar refractivity (Wildman–Crippen MR) is 121 cm³/mol. The zero-order chi connectivity index (χ0) is 21.3. The van der Waals surface area contributed by atoms with Crippen LogP contribution in [0.25, 0.3) is 0 Å². The van der Waals surface area contributed by atoms with Gasteiger partial charge in [0.1, 0.15) is 12.4 Å². The minimum Gasteiger partial charge on any atom is -0.382 e. The average Bonchev–Trinajstić information content (AvgIpc) is 3.08. The molecule has 1 aromatic carbocycles. The van der Waals surface area contributed by atoms with Gasteiger partial charge in [0, 0.05) is 58.7 Å². The lowest BCUT2D eigenvalue weighted by molar-refractivity contribution is 0.145. The first-order valence-corrected chi connectivity index (χ1v) is 10.9. The van der Waals surface area contributed by atoms with Crippen LogP contribution in [0.15, 0.2) is 29.3 Å². The molecule has 30 heavy (non-hydrogen) atoms. The van der Waals surface area contributed by atoms with Crippen molar-refractivity contribution >= 4 is 11.6 Å². The van der Waals surface area contributed by atoms with Crippen molar-refractivity contribution in [3.8, 4) is 0 Å². The van der Waals surface area contributed by atoms with E-state index in [-0.39, 0.29) is 0 Å². The summed E-state index contributed by atoms with van der Waals surface area (Å²) >= 11 is 0. The molecule has 1 saturated heterocycles. The second-order valence-electron chi connectivity index (χ2n) is 7.65. The summed E-state index contributed by atoms with van der Waals surface area (Å²) in [5.41, 5.74) is 2.60. The molecule has 0 bridgehead atoms. The first kappa shape index (κ1) is 22.1. The van der Waals surface area contributed by atoms with Crippen LogP contribution in [-0.4, -0.2) is 71.6 Å². The highest BCUT2D eigenvalue weighted by molar-refractivity contribution is 5.80. The van der Waals surface area contributed by atoms with Crippen molar-refractivity contribution in [2.24, 2.45) is 12.0 Å². The number of anilines is 1. The third kappa shape index (κ3) is 5.95. The Morgan fingerprint density at radius 1 is 1.17 bits per heavy atom. The van der Waals surface area contributed by atoms with Gasteiger partial charge in [-0.05, 0) is 44.9 Å². The van der Waals surface area contributed by atoms with Gasteiger partial charge >= 0.3 is 0 Å². The molecule has 2 aromatic rings. The summed E-state index contributed by atoms with van der Waals surface area (Å²) in [4.78, 5) is 9.66. The Morgan fingerprint density at radius 3 is 2.63 bits per heavy atom. The molecule has 1 fully saturated rings. The number of benzene rings is 1. The van der Waals surface area contributed by atoms with Crippen LogP contribution in [0, 0.1) is 13.8 Å². The molecule has 0 radical (unpaired) electrons. The lowest BCUT2D eigenvalue weighted by Crippen LogP contribution is -2.52. The predicted octanol–water partition coefficient (Wildman–Crippen LogP) is 2.13. The van der Waals surface area contributed by atoms with Crippen LogP contribution in [0.3, 0.4) is 0 Å². The molecule has 0 spiro atoms. The van der Waals surface area contributed by atoms with Gasteiger partial charge in [0.25, 0.3) is 0 Å². The Balaban J connectivity index is 1.62. The molecule has 8 heteroatoms. The minimum atomic E-state index is 0.517. The second kappa shape index (κ2) is 11.0. The topological polar surface area (TPSA) is 70.8 Å². The summed E-state index contributed by atoms with van der Waals surface area (Å²) in [6.07, 6.45) is 0.958. The van der Waals surface area contributed by atoms with Gasteiger partial charge in [-0.15, -0.1) is 10.2 Å². The first-order chi connectivity index (χ1) is 14.6. The van der Waals surface area contributed by atoms with Crippen LogP contribution in [-0.2, 0) is 18.3 Å². The van der Waals surface area contributed by atoms with E-state index in [1.165, 1.54) is 11.3 Å².